The molecule has 8 nitrogen and oxygen atoms in total. The molecule has 1 saturated heterocycles. The van der Waals surface area contributed by atoms with Crippen LogP contribution in [0.3, 0.4) is 0 Å². The van der Waals surface area contributed by atoms with Crippen LogP contribution in [0.15, 0.2) is 28.0 Å². The van der Waals surface area contributed by atoms with Crippen molar-refractivity contribution in [3.63, 3.8) is 0 Å². The average molecular weight is 427 g/mol. The second-order valence-corrected chi connectivity index (χ2v) is 10.5. The van der Waals surface area contributed by atoms with E-state index >= 15 is 0 Å². The molecule has 0 bridgehead atoms. The SMILES string of the molecule is CCN(C(=O)CSc1nnc(-c2ccco2)n1CC(C)C)[C@@H]1CCS(=O)(=O)C1. The molecule has 1 amide bonds. The van der Waals surface area contributed by atoms with Crippen LogP contribution in [0.5, 0.6) is 0 Å². The lowest BCUT2D eigenvalue weighted by Crippen LogP contribution is -2.42. The van der Waals surface area contributed by atoms with Gasteiger partial charge < -0.3 is 9.32 Å². The Hall–Kier alpha value is -1.81. The summed E-state index contributed by atoms with van der Waals surface area (Å²) in [7, 11) is -3.03. The number of thioether (sulfide) groups is 1. The van der Waals surface area contributed by atoms with E-state index in [1.165, 1.54) is 11.8 Å². The largest absolute Gasteiger partial charge is 0.461 e. The first kappa shape index (κ1) is 20.9. The molecule has 3 heterocycles. The summed E-state index contributed by atoms with van der Waals surface area (Å²) in [5.74, 6) is 1.98. The molecule has 1 fully saturated rings. The molecule has 1 aliphatic rings. The van der Waals surface area contributed by atoms with E-state index in [1.54, 1.807) is 17.2 Å². The molecule has 2 aromatic heterocycles. The number of amides is 1. The summed E-state index contributed by atoms with van der Waals surface area (Å²) in [4.78, 5) is 14.4. The Morgan fingerprint density at radius 2 is 2.21 bits per heavy atom. The number of aromatic nitrogens is 3. The highest BCUT2D eigenvalue weighted by atomic mass is 32.2. The van der Waals surface area contributed by atoms with Crippen molar-refractivity contribution >= 4 is 27.5 Å². The fraction of sp³-hybridized carbons (Fsp3) is 0.611. The van der Waals surface area contributed by atoms with Crippen LogP contribution in [0.1, 0.15) is 27.2 Å². The van der Waals surface area contributed by atoms with Gasteiger partial charge in [-0.15, -0.1) is 10.2 Å². The first-order valence-corrected chi connectivity index (χ1v) is 12.2. The number of hydrogen-bond acceptors (Lipinski definition) is 7. The first-order valence-electron chi connectivity index (χ1n) is 9.40. The van der Waals surface area contributed by atoms with Crippen molar-refractivity contribution in [3.05, 3.63) is 18.4 Å². The number of nitrogens with zero attached hydrogens (tertiary/aromatic N) is 4. The molecule has 0 aromatic carbocycles. The Balaban J connectivity index is 1.72. The molecule has 10 heteroatoms. The van der Waals surface area contributed by atoms with E-state index in [0.29, 0.717) is 42.2 Å². The van der Waals surface area contributed by atoms with Crippen LogP contribution in [0.4, 0.5) is 0 Å². The van der Waals surface area contributed by atoms with Crippen LogP contribution in [-0.2, 0) is 21.2 Å². The van der Waals surface area contributed by atoms with Gasteiger partial charge in [-0.1, -0.05) is 25.6 Å². The molecular formula is C18H26N4O4S2. The van der Waals surface area contributed by atoms with E-state index in [9.17, 15) is 13.2 Å². The molecule has 0 N–H and O–H groups in total. The fourth-order valence-corrected chi connectivity index (χ4v) is 5.95. The molecule has 0 spiro atoms. The Labute approximate surface area is 169 Å². The summed E-state index contributed by atoms with van der Waals surface area (Å²) in [5, 5.41) is 9.15. The quantitative estimate of drug-likeness (QED) is 0.597. The number of rotatable bonds is 8. The monoisotopic (exact) mass is 426 g/mol. The summed E-state index contributed by atoms with van der Waals surface area (Å²) in [6.07, 6.45) is 2.10. The maximum atomic E-state index is 12.7. The Bertz CT molecular complexity index is 906. The van der Waals surface area contributed by atoms with Crippen molar-refractivity contribution in [1.82, 2.24) is 19.7 Å². The van der Waals surface area contributed by atoms with E-state index in [4.69, 9.17) is 4.42 Å². The van der Waals surface area contributed by atoms with Gasteiger partial charge in [0.05, 0.1) is 23.5 Å². The predicted octanol–water partition coefficient (Wildman–Crippen LogP) is 2.32. The standard InChI is InChI=1S/C18H26N4O4S2/c1-4-21(14-7-9-28(24,25)12-14)16(23)11-27-18-20-19-17(15-6-5-8-26-15)22(18)10-13(2)3/h5-6,8,13-14H,4,7,9-12H2,1-3H3/t14-/m1/s1. The van der Waals surface area contributed by atoms with Gasteiger partial charge >= 0.3 is 0 Å². The summed E-state index contributed by atoms with van der Waals surface area (Å²) >= 11 is 1.32. The Morgan fingerprint density at radius 3 is 2.79 bits per heavy atom. The minimum absolute atomic E-state index is 0.0589. The molecule has 2 aromatic rings. The van der Waals surface area contributed by atoms with Crippen LogP contribution in [0.25, 0.3) is 11.6 Å². The number of carbonyl (C=O) groups is 1. The van der Waals surface area contributed by atoms with Gasteiger partial charge in [0.25, 0.3) is 0 Å². The lowest BCUT2D eigenvalue weighted by Gasteiger charge is -2.26. The van der Waals surface area contributed by atoms with Crippen LogP contribution < -0.4 is 0 Å². The zero-order valence-corrected chi connectivity index (χ0v) is 18.0. The van der Waals surface area contributed by atoms with E-state index < -0.39 is 9.84 Å². The van der Waals surface area contributed by atoms with Gasteiger partial charge in [-0.05, 0) is 31.4 Å². The molecule has 3 rings (SSSR count). The molecule has 28 heavy (non-hydrogen) atoms. The minimum Gasteiger partial charge on any atom is -0.461 e. The Kier molecular flexibility index (Phi) is 6.49. The van der Waals surface area contributed by atoms with Crippen LogP contribution in [-0.4, -0.2) is 63.8 Å². The van der Waals surface area contributed by atoms with Crippen molar-refractivity contribution in [1.29, 1.82) is 0 Å². The van der Waals surface area contributed by atoms with Gasteiger partial charge in [0.2, 0.25) is 5.91 Å². The summed E-state index contributed by atoms with van der Waals surface area (Å²) in [5.41, 5.74) is 0. The molecule has 1 aliphatic heterocycles. The lowest BCUT2D eigenvalue weighted by atomic mass is 10.2. The predicted molar refractivity (Wildman–Crippen MR) is 108 cm³/mol. The number of carbonyl (C=O) groups excluding carboxylic acids is 1. The number of sulfone groups is 1. The molecule has 0 saturated carbocycles. The normalized spacial score (nSPS) is 18.6. The van der Waals surface area contributed by atoms with Gasteiger partial charge in [-0.2, -0.15) is 0 Å². The van der Waals surface area contributed by atoms with E-state index in [1.807, 2.05) is 17.6 Å². The highest BCUT2D eigenvalue weighted by Gasteiger charge is 2.34. The second-order valence-electron chi connectivity index (χ2n) is 7.31. The second kappa shape index (κ2) is 8.69. The molecular weight excluding hydrogens is 400 g/mol. The molecule has 0 unspecified atom stereocenters. The van der Waals surface area contributed by atoms with Gasteiger partial charge in [0.15, 0.2) is 26.6 Å². The maximum absolute atomic E-state index is 12.7. The zero-order valence-electron chi connectivity index (χ0n) is 16.4. The van der Waals surface area contributed by atoms with Gasteiger partial charge in [-0.25, -0.2) is 8.42 Å². The fourth-order valence-electron chi connectivity index (χ4n) is 3.38. The zero-order chi connectivity index (χ0) is 20.3. The molecule has 0 radical (unpaired) electrons. The van der Waals surface area contributed by atoms with Gasteiger partial charge in [-0.3, -0.25) is 9.36 Å². The van der Waals surface area contributed by atoms with Crippen molar-refractivity contribution in [2.24, 2.45) is 5.92 Å². The highest BCUT2D eigenvalue weighted by Crippen LogP contribution is 2.26. The summed E-state index contributed by atoms with van der Waals surface area (Å²) in [6.45, 7) is 7.29. The first-order chi connectivity index (χ1) is 13.3. The number of hydrogen-bond donors (Lipinski definition) is 0. The third-order valence-electron chi connectivity index (χ3n) is 4.64. The van der Waals surface area contributed by atoms with Crippen LogP contribution >= 0.6 is 11.8 Å². The van der Waals surface area contributed by atoms with Gasteiger partial charge in [0.1, 0.15) is 0 Å². The molecule has 154 valence electrons. The smallest absolute Gasteiger partial charge is 0.233 e. The van der Waals surface area contributed by atoms with Crippen molar-refractivity contribution in [2.75, 3.05) is 23.8 Å². The van der Waals surface area contributed by atoms with Crippen molar-refractivity contribution < 1.29 is 17.6 Å². The van der Waals surface area contributed by atoms with Crippen LogP contribution in [0, 0.1) is 5.92 Å². The van der Waals surface area contributed by atoms with Crippen molar-refractivity contribution in [3.8, 4) is 11.6 Å². The number of furan rings is 1. The Morgan fingerprint density at radius 1 is 1.43 bits per heavy atom. The third kappa shape index (κ3) is 4.78. The maximum Gasteiger partial charge on any atom is 0.233 e. The van der Waals surface area contributed by atoms with Crippen LogP contribution in [0.2, 0.25) is 0 Å². The average Bonchev–Trinajstić information content (AvgIpc) is 3.34. The highest BCUT2D eigenvalue weighted by molar-refractivity contribution is 7.99. The molecule has 0 aliphatic carbocycles. The van der Waals surface area contributed by atoms with E-state index in [2.05, 4.69) is 24.0 Å². The lowest BCUT2D eigenvalue weighted by molar-refractivity contribution is -0.129. The van der Waals surface area contributed by atoms with E-state index in [-0.39, 0.29) is 29.2 Å². The molecule has 1 atom stereocenters. The van der Waals surface area contributed by atoms with E-state index in [0.717, 1.165) is 0 Å². The third-order valence-corrected chi connectivity index (χ3v) is 7.34. The van der Waals surface area contributed by atoms with Gasteiger partial charge in [0, 0.05) is 19.1 Å². The minimum atomic E-state index is -3.03. The summed E-state index contributed by atoms with van der Waals surface area (Å²) < 4.78 is 30.9. The topological polar surface area (TPSA) is 98.3 Å². The summed E-state index contributed by atoms with van der Waals surface area (Å²) in [6, 6.07) is 3.41. The van der Waals surface area contributed by atoms with Crippen molar-refractivity contribution in [2.45, 2.75) is 44.9 Å².